The minimum atomic E-state index is -0.833. The summed E-state index contributed by atoms with van der Waals surface area (Å²) in [7, 11) is 0. The van der Waals surface area contributed by atoms with Gasteiger partial charge >= 0.3 is 5.97 Å². The predicted octanol–water partition coefficient (Wildman–Crippen LogP) is 0.430. The fraction of sp³-hybridized carbons (Fsp3) is 0.500. The lowest BCUT2D eigenvalue weighted by Gasteiger charge is -2.33. The fourth-order valence-electron chi connectivity index (χ4n) is 2.08. The topological polar surface area (TPSA) is 74.0 Å². The molecule has 0 aromatic carbocycles. The molecule has 1 aliphatic heterocycles. The Kier molecular flexibility index (Phi) is 3.66. The summed E-state index contributed by atoms with van der Waals surface area (Å²) in [5, 5.41) is 8.69. The van der Waals surface area contributed by atoms with Crippen LogP contribution in [0, 0.1) is 6.92 Å². The van der Waals surface area contributed by atoms with Crippen LogP contribution >= 0.6 is 0 Å². The number of carboxylic acids is 1. The van der Waals surface area contributed by atoms with Gasteiger partial charge in [0.05, 0.1) is 18.4 Å². The summed E-state index contributed by atoms with van der Waals surface area (Å²) in [6, 6.07) is 1.67. The number of nitrogens with zero attached hydrogens (tertiary/aromatic N) is 2. The number of rotatable bonds is 3. The molecule has 1 aromatic heterocycles. The molecule has 1 fully saturated rings. The molecular weight excluding hydrogens is 236 g/mol. The van der Waals surface area contributed by atoms with Crippen molar-refractivity contribution in [1.82, 2.24) is 9.80 Å². The Hall–Kier alpha value is -1.82. The van der Waals surface area contributed by atoms with Crippen LogP contribution in [0.25, 0.3) is 0 Å². The van der Waals surface area contributed by atoms with Crippen molar-refractivity contribution in [1.29, 1.82) is 0 Å². The molecule has 18 heavy (non-hydrogen) atoms. The Morgan fingerprint density at radius 1 is 1.33 bits per heavy atom. The van der Waals surface area contributed by atoms with Crippen molar-refractivity contribution in [3.8, 4) is 0 Å². The number of amides is 1. The smallest absolute Gasteiger partial charge is 0.317 e. The van der Waals surface area contributed by atoms with E-state index >= 15 is 0 Å². The van der Waals surface area contributed by atoms with Crippen LogP contribution in [0.3, 0.4) is 0 Å². The van der Waals surface area contributed by atoms with Crippen molar-refractivity contribution in [2.24, 2.45) is 0 Å². The van der Waals surface area contributed by atoms with Crippen molar-refractivity contribution < 1.29 is 19.1 Å². The number of piperazine rings is 1. The predicted molar refractivity (Wildman–Crippen MR) is 63.4 cm³/mol. The first kappa shape index (κ1) is 12.6. The third kappa shape index (κ3) is 2.70. The van der Waals surface area contributed by atoms with Gasteiger partial charge in [0.2, 0.25) is 0 Å². The maximum absolute atomic E-state index is 12.1. The largest absolute Gasteiger partial charge is 0.480 e. The van der Waals surface area contributed by atoms with Gasteiger partial charge in [-0.05, 0) is 13.0 Å². The first-order valence-electron chi connectivity index (χ1n) is 5.85. The van der Waals surface area contributed by atoms with Gasteiger partial charge in [-0.2, -0.15) is 0 Å². The molecule has 6 heteroatoms. The zero-order valence-electron chi connectivity index (χ0n) is 10.3. The molecule has 0 radical (unpaired) electrons. The number of hydrogen-bond acceptors (Lipinski definition) is 4. The first-order valence-corrected chi connectivity index (χ1v) is 5.85. The number of carbonyl (C=O) groups excluding carboxylic acids is 1. The summed E-state index contributed by atoms with van der Waals surface area (Å²) in [5.74, 6) is -0.260. The van der Waals surface area contributed by atoms with E-state index in [1.807, 2.05) is 4.90 Å². The van der Waals surface area contributed by atoms with E-state index in [9.17, 15) is 9.59 Å². The summed E-state index contributed by atoms with van der Waals surface area (Å²) in [4.78, 5) is 26.3. The molecule has 2 rings (SSSR count). The van der Waals surface area contributed by atoms with Crippen LogP contribution in [0.15, 0.2) is 16.7 Å². The molecule has 1 aromatic rings. The highest BCUT2D eigenvalue weighted by Crippen LogP contribution is 2.13. The third-order valence-electron chi connectivity index (χ3n) is 3.11. The molecule has 0 spiro atoms. The highest BCUT2D eigenvalue weighted by molar-refractivity contribution is 5.95. The molecule has 1 saturated heterocycles. The number of hydrogen-bond donors (Lipinski definition) is 1. The molecule has 0 aliphatic carbocycles. The molecule has 0 saturated carbocycles. The van der Waals surface area contributed by atoms with Gasteiger partial charge in [-0.15, -0.1) is 0 Å². The average molecular weight is 252 g/mol. The van der Waals surface area contributed by atoms with Gasteiger partial charge in [-0.3, -0.25) is 14.5 Å². The van der Waals surface area contributed by atoms with Gasteiger partial charge in [0.25, 0.3) is 5.91 Å². The van der Waals surface area contributed by atoms with E-state index in [1.54, 1.807) is 17.9 Å². The summed E-state index contributed by atoms with van der Waals surface area (Å²) in [6.45, 7) is 4.08. The Morgan fingerprint density at radius 2 is 2.00 bits per heavy atom. The van der Waals surface area contributed by atoms with Crippen molar-refractivity contribution in [3.63, 3.8) is 0 Å². The van der Waals surface area contributed by atoms with Crippen molar-refractivity contribution >= 4 is 11.9 Å². The normalized spacial score (nSPS) is 16.8. The zero-order chi connectivity index (χ0) is 13.1. The molecule has 0 atom stereocenters. The van der Waals surface area contributed by atoms with Crippen LogP contribution in [-0.2, 0) is 4.79 Å². The first-order chi connectivity index (χ1) is 8.58. The van der Waals surface area contributed by atoms with E-state index in [2.05, 4.69) is 0 Å². The van der Waals surface area contributed by atoms with Crippen LogP contribution in [0.5, 0.6) is 0 Å². The maximum atomic E-state index is 12.1. The van der Waals surface area contributed by atoms with E-state index in [0.717, 1.165) is 0 Å². The van der Waals surface area contributed by atoms with Gasteiger partial charge in [0.1, 0.15) is 5.76 Å². The summed E-state index contributed by atoms with van der Waals surface area (Å²) in [6.07, 6.45) is 1.50. The van der Waals surface area contributed by atoms with Gasteiger partial charge < -0.3 is 14.4 Å². The Morgan fingerprint density at radius 3 is 2.50 bits per heavy atom. The van der Waals surface area contributed by atoms with Crippen LogP contribution in [0.4, 0.5) is 0 Å². The lowest BCUT2D eigenvalue weighted by atomic mass is 10.2. The second-order valence-corrected chi connectivity index (χ2v) is 4.35. The summed E-state index contributed by atoms with van der Waals surface area (Å²) in [5.41, 5.74) is 0.585. The van der Waals surface area contributed by atoms with E-state index in [4.69, 9.17) is 9.52 Å². The second-order valence-electron chi connectivity index (χ2n) is 4.35. The second kappa shape index (κ2) is 5.22. The molecule has 0 bridgehead atoms. The van der Waals surface area contributed by atoms with Gasteiger partial charge in [-0.25, -0.2) is 0 Å². The van der Waals surface area contributed by atoms with Crippen molar-refractivity contribution in [2.45, 2.75) is 6.92 Å². The Bertz CT molecular complexity index is 447. The SMILES string of the molecule is Cc1occc1C(=O)N1CCN(CC(=O)O)CC1. The minimum absolute atomic E-state index is 0.0345. The van der Waals surface area contributed by atoms with E-state index in [1.165, 1.54) is 6.26 Å². The van der Waals surface area contributed by atoms with E-state index in [0.29, 0.717) is 37.5 Å². The highest BCUT2D eigenvalue weighted by atomic mass is 16.4. The lowest BCUT2D eigenvalue weighted by molar-refractivity contribution is -0.138. The van der Waals surface area contributed by atoms with Crippen LogP contribution < -0.4 is 0 Å². The average Bonchev–Trinajstić information content (AvgIpc) is 2.75. The van der Waals surface area contributed by atoms with Crippen LogP contribution in [0.2, 0.25) is 0 Å². The maximum Gasteiger partial charge on any atom is 0.317 e. The van der Waals surface area contributed by atoms with Gasteiger partial charge in [0.15, 0.2) is 0 Å². The quantitative estimate of drug-likeness (QED) is 0.844. The lowest BCUT2D eigenvalue weighted by Crippen LogP contribution is -2.49. The van der Waals surface area contributed by atoms with E-state index in [-0.39, 0.29) is 12.5 Å². The van der Waals surface area contributed by atoms with Crippen molar-refractivity contribution in [2.75, 3.05) is 32.7 Å². The zero-order valence-corrected chi connectivity index (χ0v) is 10.3. The summed E-state index contributed by atoms with van der Waals surface area (Å²) >= 11 is 0. The Balaban J connectivity index is 1.92. The molecular formula is C12H16N2O4. The standard InChI is InChI=1S/C12H16N2O4/c1-9-10(2-7-18-9)12(17)14-5-3-13(4-6-14)8-11(15)16/h2,7H,3-6,8H2,1H3,(H,15,16). The fourth-order valence-corrected chi connectivity index (χ4v) is 2.08. The molecule has 6 nitrogen and oxygen atoms in total. The number of carbonyl (C=O) groups is 2. The third-order valence-corrected chi connectivity index (χ3v) is 3.11. The molecule has 1 amide bonds. The van der Waals surface area contributed by atoms with Crippen LogP contribution in [-0.4, -0.2) is 59.5 Å². The van der Waals surface area contributed by atoms with E-state index < -0.39 is 5.97 Å². The van der Waals surface area contributed by atoms with Gasteiger partial charge in [0, 0.05) is 26.2 Å². The number of aryl methyl sites for hydroxylation is 1. The number of carboxylic acid groups (broad SMARTS) is 1. The van der Waals surface area contributed by atoms with Crippen molar-refractivity contribution in [3.05, 3.63) is 23.7 Å². The summed E-state index contributed by atoms with van der Waals surface area (Å²) < 4.78 is 5.11. The number of furan rings is 1. The van der Waals surface area contributed by atoms with Gasteiger partial charge in [-0.1, -0.05) is 0 Å². The number of aliphatic carboxylic acids is 1. The molecule has 1 aliphatic rings. The highest BCUT2D eigenvalue weighted by Gasteiger charge is 2.24. The van der Waals surface area contributed by atoms with Crippen LogP contribution in [0.1, 0.15) is 16.1 Å². The Labute approximate surface area is 105 Å². The molecule has 2 heterocycles. The monoisotopic (exact) mass is 252 g/mol. The minimum Gasteiger partial charge on any atom is -0.480 e. The molecule has 98 valence electrons. The molecule has 0 unspecified atom stereocenters. The molecule has 1 N–H and O–H groups in total.